The van der Waals surface area contributed by atoms with Gasteiger partial charge in [-0.25, -0.2) is 0 Å². The molecule has 2 heterocycles. The molecule has 0 aliphatic rings. The molecule has 0 aliphatic carbocycles. The van der Waals surface area contributed by atoms with E-state index in [1.807, 2.05) is 0 Å². The van der Waals surface area contributed by atoms with E-state index in [0.29, 0.717) is 0 Å². The normalized spacial score (nSPS) is 11.6. The first-order valence-electron chi connectivity index (χ1n) is 20.7. The highest BCUT2D eigenvalue weighted by molar-refractivity contribution is 6.24. The average molecular weight is 780 g/mol. The Kier molecular flexibility index (Phi) is 8.17. The van der Waals surface area contributed by atoms with Crippen LogP contribution in [0.15, 0.2) is 233 Å². The van der Waals surface area contributed by atoms with Crippen molar-refractivity contribution in [1.29, 1.82) is 0 Å². The van der Waals surface area contributed by atoms with Gasteiger partial charge in [-0.3, -0.25) is 0 Å². The Morgan fingerprint density at radius 3 is 1.43 bits per heavy atom. The van der Waals surface area contributed by atoms with Crippen LogP contribution in [0.5, 0.6) is 0 Å². The van der Waals surface area contributed by atoms with Gasteiger partial charge in [-0.2, -0.15) is 0 Å². The topological polar surface area (TPSA) is 29.5 Å². The third kappa shape index (κ3) is 5.82. The van der Waals surface area contributed by atoms with E-state index in [-0.39, 0.29) is 0 Å². The zero-order valence-electron chi connectivity index (χ0n) is 33.1. The van der Waals surface area contributed by atoms with Gasteiger partial charge in [0.25, 0.3) is 0 Å². The van der Waals surface area contributed by atoms with E-state index in [2.05, 4.69) is 229 Å². The minimum Gasteiger partial charge on any atom is -0.455 e. The van der Waals surface area contributed by atoms with Crippen molar-refractivity contribution < 1.29 is 8.83 Å². The summed E-state index contributed by atoms with van der Waals surface area (Å²) >= 11 is 0. The molecular weight excluding hydrogens is 743 g/mol. The van der Waals surface area contributed by atoms with E-state index in [0.717, 1.165) is 94.0 Å². The van der Waals surface area contributed by atoms with Crippen molar-refractivity contribution in [2.45, 2.75) is 0 Å². The fourth-order valence-electron chi connectivity index (χ4n) is 9.30. The molecule has 286 valence electrons. The Bertz CT molecular complexity index is 3470. The fourth-order valence-corrected chi connectivity index (χ4v) is 9.30. The maximum atomic E-state index is 7.01. The molecule has 0 saturated heterocycles. The number of hydrogen-bond acceptors (Lipinski definition) is 3. The van der Waals surface area contributed by atoms with Gasteiger partial charge in [-0.15, -0.1) is 0 Å². The molecule has 61 heavy (non-hydrogen) atoms. The second-order valence-electron chi connectivity index (χ2n) is 15.6. The second-order valence-corrected chi connectivity index (χ2v) is 15.6. The lowest BCUT2D eigenvalue weighted by Gasteiger charge is -2.26. The molecule has 0 aliphatic heterocycles. The van der Waals surface area contributed by atoms with E-state index in [9.17, 15) is 0 Å². The average Bonchev–Trinajstić information content (AvgIpc) is 3.92. The summed E-state index contributed by atoms with van der Waals surface area (Å²) in [6, 6.07) is 79.6. The van der Waals surface area contributed by atoms with Gasteiger partial charge in [-0.1, -0.05) is 158 Å². The minimum atomic E-state index is 0.839. The molecule has 0 saturated carbocycles. The second kappa shape index (κ2) is 14.3. The summed E-state index contributed by atoms with van der Waals surface area (Å²) in [5.41, 5.74) is 15.7. The molecule has 0 radical (unpaired) electrons. The van der Waals surface area contributed by atoms with E-state index in [1.54, 1.807) is 0 Å². The van der Waals surface area contributed by atoms with Crippen LogP contribution in [0.3, 0.4) is 0 Å². The largest absolute Gasteiger partial charge is 0.455 e. The van der Waals surface area contributed by atoms with Crippen molar-refractivity contribution in [1.82, 2.24) is 0 Å². The van der Waals surface area contributed by atoms with Crippen molar-refractivity contribution in [2.24, 2.45) is 0 Å². The monoisotopic (exact) mass is 779 g/mol. The van der Waals surface area contributed by atoms with Gasteiger partial charge < -0.3 is 13.7 Å². The van der Waals surface area contributed by atoms with Gasteiger partial charge in [0.05, 0.1) is 11.1 Å². The maximum absolute atomic E-state index is 7.01. The molecule has 3 nitrogen and oxygen atoms in total. The van der Waals surface area contributed by atoms with Crippen LogP contribution in [0.25, 0.3) is 99.2 Å². The summed E-state index contributed by atoms with van der Waals surface area (Å²) in [5, 5.41) is 6.46. The van der Waals surface area contributed by atoms with Crippen LogP contribution in [0, 0.1) is 0 Å². The number of furan rings is 2. The van der Waals surface area contributed by atoms with E-state index in [1.165, 1.54) is 22.3 Å². The van der Waals surface area contributed by atoms with Gasteiger partial charge in [0.1, 0.15) is 22.3 Å². The lowest BCUT2D eigenvalue weighted by molar-refractivity contribution is 0.670. The molecule has 3 heteroatoms. The summed E-state index contributed by atoms with van der Waals surface area (Å²) in [6.45, 7) is 0. The molecule has 0 spiro atoms. The third-order valence-electron chi connectivity index (χ3n) is 12.0. The smallest absolute Gasteiger partial charge is 0.143 e. The van der Waals surface area contributed by atoms with Gasteiger partial charge in [0.15, 0.2) is 0 Å². The van der Waals surface area contributed by atoms with Gasteiger partial charge in [0.2, 0.25) is 0 Å². The van der Waals surface area contributed by atoms with Crippen LogP contribution in [-0.2, 0) is 0 Å². The van der Waals surface area contributed by atoms with Gasteiger partial charge >= 0.3 is 0 Å². The first-order chi connectivity index (χ1) is 30.3. The summed E-state index contributed by atoms with van der Waals surface area (Å²) in [5.74, 6) is 0. The van der Waals surface area contributed by atoms with Crippen LogP contribution in [0.2, 0.25) is 0 Å². The zero-order valence-corrected chi connectivity index (χ0v) is 33.1. The lowest BCUT2D eigenvalue weighted by atomic mass is 9.91. The zero-order chi connectivity index (χ0) is 40.3. The highest BCUT2D eigenvalue weighted by atomic mass is 16.3. The summed E-state index contributed by atoms with van der Waals surface area (Å²) in [7, 11) is 0. The van der Waals surface area contributed by atoms with Gasteiger partial charge in [0, 0.05) is 38.5 Å². The summed E-state index contributed by atoms with van der Waals surface area (Å²) in [6.07, 6.45) is 0. The molecule has 0 fully saturated rings. The number of rotatable bonds is 7. The number of fused-ring (bicyclic) bond motifs is 8. The van der Waals surface area contributed by atoms with Crippen LogP contribution < -0.4 is 4.90 Å². The predicted octanol–water partition coefficient (Wildman–Crippen LogP) is 16.8. The Balaban J connectivity index is 1.10. The third-order valence-corrected chi connectivity index (χ3v) is 12.0. The number of para-hydroxylation sites is 3. The molecule has 0 unspecified atom stereocenters. The van der Waals surface area contributed by atoms with Crippen molar-refractivity contribution in [3.8, 4) is 44.5 Å². The Morgan fingerprint density at radius 2 is 0.770 bits per heavy atom. The van der Waals surface area contributed by atoms with Crippen LogP contribution in [0.1, 0.15) is 0 Å². The quantitative estimate of drug-likeness (QED) is 0.161. The highest BCUT2D eigenvalue weighted by Crippen LogP contribution is 2.48. The van der Waals surface area contributed by atoms with Crippen molar-refractivity contribution in [2.75, 3.05) is 4.90 Å². The Hall–Kier alpha value is -8.14. The molecule has 10 aromatic carbocycles. The summed E-state index contributed by atoms with van der Waals surface area (Å²) < 4.78 is 13.9. The first kappa shape index (κ1) is 34.9. The van der Waals surface area contributed by atoms with Gasteiger partial charge in [-0.05, 0) is 111 Å². The maximum Gasteiger partial charge on any atom is 0.143 e. The summed E-state index contributed by atoms with van der Waals surface area (Å²) in [4.78, 5) is 2.32. The minimum absolute atomic E-state index is 0.839. The standard InChI is InChI=1S/C58H37NO2/c1-5-18-38(19-6-1)40-34-41(39-20-7-2-8-21-39)36-42(35-40)45-28-16-32-53-55(45)49-30-15-29-48(57(49)60-53)50-37-51-56-52(59(43-22-9-3-10-23-43)44-24-11-4-12-25-44)31-17-33-54(56)61-58(51)47-27-14-13-26-46(47)50/h1-37H. The van der Waals surface area contributed by atoms with Crippen LogP contribution in [0.4, 0.5) is 17.1 Å². The SMILES string of the molecule is c1ccc(-c2cc(-c3ccccc3)cc(-c3cccc4oc5c(-c6cc7c(oc8cccc(N(c9ccccc9)c9ccccc9)c87)c7ccccc67)cccc5c34)c2)cc1. The van der Waals surface area contributed by atoms with Crippen LogP contribution >= 0.6 is 0 Å². The fraction of sp³-hybridized carbons (Fsp3) is 0. The van der Waals surface area contributed by atoms with Crippen molar-refractivity contribution in [3.63, 3.8) is 0 Å². The number of nitrogens with zero attached hydrogens (tertiary/aromatic N) is 1. The van der Waals surface area contributed by atoms with E-state index >= 15 is 0 Å². The van der Waals surface area contributed by atoms with Crippen molar-refractivity contribution >= 4 is 71.7 Å². The molecule has 12 aromatic rings. The Morgan fingerprint density at radius 1 is 0.279 bits per heavy atom. The van der Waals surface area contributed by atoms with Crippen molar-refractivity contribution in [3.05, 3.63) is 224 Å². The van der Waals surface area contributed by atoms with Crippen LogP contribution in [-0.4, -0.2) is 0 Å². The van der Waals surface area contributed by atoms with E-state index in [4.69, 9.17) is 8.83 Å². The number of anilines is 3. The molecular formula is C58H37NO2. The van der Waals surface area contributed by atoms with E-state index < -0.39 is 0 Å². The molecule has 0 atom stereocenters. The highest BCUT2D eigenvalue weighted by Gasteiger charge is 2.23. The first-order valence-corrected chi connectivity index (χ1v) is 20.7. The number of hydrogen-bond donors (Lipinski definition) is 0. The lowest BCUT2D eigenvalue weighted by Crippen LogP contribution is -2.09. The molecule has 2 aromatic heterocycles. The molecule has 12 rings (SSSR count). The molecule has 0 N–H and O–H groups in total. The molecule has 0 amide bonds. The Labute approximate surface area is 353 Å². The number of benzene rings is 10. The molecule has 0 bridgehead atoms. The predicted molar refractivity (Wildman–Crippen MR) is 255 cm³/mol.